The van der Waals surface area contributed by atoms with Crippen LogP contribution in [0.15, 0.2) is 29.3 Å². The number of thiophene rings is 1. The number of carbonyl (C=O) groups is 2. The second-order valence-corrected chi connectivity index (χ2v) is 8.26. The summed E-state index contributed by atoms with van der Waals surface area (Å²) >= 11 is 1.05. The van der Waals surface area contributed by atoms with E-state index < -0.39 is 35.8 Å². The van der Waals surface area contributed by atoms with Gasteiger partial charge in [-0.2, -0.15) is 0 Å². The molecule has 31 heavy (non-hydrogen) atoms. The third kappa shape index (κ3) is 4.18. The van der Waals surface area contributed by atoms with Gasteiger partial charge in [0.2, 0.25) is 5.91 Å². The number of aromatic nitrogens is 2. The summed E-state index contributed by atoms with van der Waals surface area (Å²) in [5.41, 5.74) is -0.184. The van der Waals surface area contributed by atoms with E-state index in [1.54, 1.807) is 6.92 Å². The van der Waals surface area contributed by atoms with Gasteiger partial charge in [0.15, 0.2) is 0 Å². The van der Waals surface area contributed by atoms with Crippen molar-refractivity contribution in [2.45, 2.75) is 26.1 Å². The molecule has 0 radical (unpaired) electrons. The summed E-state index contributed by atoms with van der Waals surface area (Å²) in [5, 5.41) is 2.53. The van der Waals surface area contributed by atoms with E-state index in [1.165, 1.54) is 11.2 Å². The SMILES string of the molecule is Cc1c(C(=O)N2CC[C@H](F)C2)sc2ncn(CC(=O)Nc3cc(F)cc(F)c3)c(=O)c12. The Labute approximate surface area is 178 Å². The van der Waals surface area contributed by atoms with Gasteiger partial charge in [-0.15, -0.1) is 11.3 Å². The van der Waals surface area contributed by atoms with Crippen LogP contribution < -0.4 is 10.9 Å². The number of likely N-dealkylation sites (tertiary alicyclic amines) is 1. The number of hydrogen-bond acceptors (Lipinski definition) is 5. The summed E-state index contributed by atoms with van der Waals surface area (Å²) in [5.74, 6) is -2.72. The van der Waals surface area contributed by atoms with Crippen LogP contribution in [0.3, 0.4) is 0 Å². The molecule has 0 saturated carbocycles. The molecular formula is C20H17F3N4O3S. The van der Waals surface area contributed by atoms with Gasteiger partial charge in [-0.05, 0) is 31.0 Å². The number of fused-ring (bicyclic) bond motifs is 1. The smallest absolute Gasteiger partial charge is 0.264 e. The van der Waals surface area contributed by atoms with Crippen LogP contribution in [-0.4, -0.2) is 45.5 Å². The van der Waals surface area contributed by atoms with Crippen LogP contribution >= 0.6 is 11.3 Å². The van der Waals surface area contributed by atoms with Crippen molar-refractivity contribution in [3.63, 3.8) is 0 Å². The molecule has 3 heterocycles. The molecule has 2 aromatic heterocycles. The summed E-state index contributed by atoms with van der Waals surface area (Å²) in [6, 6.07) is 2.57. The molecule has 1 fully saturated rings. The lowest BCUT2D eigenvalue weighted by Crippen LogP contribution is -2.29. The van der Waals surface area contributed by atoms with Crippen LogP contribution in [0.25, 0.3) is 10.2 Å². The second-order valence-electron chi connectivity index (χ2n) is 7.26. The number of amides is 2. The average molecular weight is 450 g/mol. The Hall–Kier alpha value is -3.21. The minimum absolute atomic E-state index is 0.0189. The molecule has 0 bridgehead atoms. The lowest BCUT2D eigenvalue weighted by atomic mass is 10.2. The fraction of sp³-hybridized carbons (Fsp3) is 0.300. The second kappa shape index (κ2) is 8.14. The van der Waals surface area contributed by atoms with E-state index in [1.807, 2.05) is 0 Å². The third-order valence-corrected chi connectivity index (χ3v) is 6.18. The van der Waals surface area contributed by atoms with Gasteiger partial charge in [-0.25, -0.2) is 18.2 Å². The Morgan fingerprint density at radius 2 is 1.97 bits per heavy atom. The molecule has 0 unspecified atom stereocenters. The number of alkyl halides is 1. The van der Waals surface area contributed by atoms with Gasteiger partial charge < -0.3 is 10.2 Å². The van der Waals surface area contributed by atoms with Crippen LogP contribution in [0.2, 0.25) is 0 Å². The number of halogens is 3. The maximum absolute atomic E-state index is 13.5. The van der Waals surface area contributed by atoms with Gasteiger partial charge >= 0.3 is 0 Å². The van der Waals surface area contributed by atoms with Gasteiger partial charge in [0.1, 0.15) is 29.2 Å². The molecule has 7 nitrogen and oxygen atoms in total. The Bertz CT molecular complexity index is 1240. The molecule has 0 spiro atoms. The minimum Gasteiger partial charge on any atom is -0.335 e. The highest BCUT2D eigenvalue weighted by molar-refractivity contribution is 7.20. The number of hydrogen-bond donors (Lipinski definition) is 1. The predicted molar refractivity (Wildman–Crippen MR) is 109 cm³/mol. The van der Waals surface area contributed by atoms with Crippen molar-refractivity contribution in [2.24, 2.45) is 0 Å². The van der Waals surface area contributed by atoms with E-state index in [-0.39, 0.29) is 29.9 Å². The first-order valence-corrected chi connectivity index (χ1v) is 10.2. The van der Waals surface area contributed by atoms with Crippen LogP contribution in [0, 0.1) is 18.6 Å². The first-order chi connectivity index (χ1) is 14.7. The number of rotatable bonds is 4. The maximum Gasteiger partial charge on any atom is 0.264 e. The molecule has 2 amide bonds. The molecule has 1 atom stereocenters. The largest absolute Gasteiger partial charge is 0.335 e. The van der Waals surface area contributed by atoms with E-state index in [0.29, 0.717) is 27.9 Å². The van der Waals surface area contributed by atoms with Crippen LogP contribution in [-0.2, 0) is 11.3 Å². The van der Waals surface area contributed by atoms with Gasteiger partial charge in [-0.1, -0.05) is 0 Å². The molecule has 1 aromatic carbocycles. The summed E-state index contributed by atoms with van der Waals surface area (Å²) in [7, 11) is 0. The normalized spacial score (nSPS) is 16.1. The highest BCUT2D eigenvalue weighted by atomic mass is 32.1. The maximum atomic E-state index is 13.5. The summed E-state index contributed by atoms with van der Waals surface area (Å²) < 4.78 is 41.1. The fourth-order valence-corrected chi connectivity index (χ4v) is 4.61. The predicted octanol–water partition coefficient (Wildman–Crippen LogP) is 2.87. The molecule has 162 valence electrons. The molecule has 3 aromatic rings. The molecule has 11 heteroatoms. The number of nitrogens with one attached hydrogen (secondary N) is 1. The summed E-state index contributed by atoms with van der Waals surface area (Å²) in [6.07, 6.45) is 0.401. The Morgan fingerprint density at radius 1 is 1.26 bits per heavy atom. The number of nitrogens with zero attached hydrogens (tertiary/aromatic N) is 3. The standard InChI is InChI=1S/C20H17F3N4O3S/c1-10-16-18(31-17(10)20(30)26-3-2-11(21)7-26)24-9-27(19(16)29)8-15(28)25-14-5-12(22)4-13(23)6-14/h4-6,9,11H,2-3,7-8H2,1H3,(H,25,28)/t11-/m0/s1. The number of aryl methyl sites for hydroxylation is 1. The van der Waals surface area contributed by atoms with E-state index in [4.69, 9.17) is 0 Å². The zero-order valence-corrected chi connectivity index (χ0v) is 17.1. The first-order valence-electron chi connectivity index (χ1n) is 9.40. The number of anilines is 1. The van der Waals surface area contributed by atoms with E-state index in [0.717, 1.165) is 28.0 Å². The fourth-order valence-electron chi connectivity index (χ4n) is 3.50. The van der Waals surface area contributed by atoms with Crippen LogP contribution in [0.4, 0.5) is 18.9 Å². The van der Waals surface area contributed by atoms with E-state index >= 15 is 0 Å². The minimum atomic E-state index is -1.06. The van der Waals surface area contributed by atoms with Gasteiger partial charge in [-0.3, -0.25) is 19.0 Å². The highest BCUT2D eigenvalue weighted by Gasteiger charge is 2.29. The lowest BCUT2D eigenvalue weighted by molar-refractivity contribution is -0.116. The molecular weight excluding hydrogens is 433 g/mol. The number of benzene rings is 1. The van der Waals surface area contributed by atoms with Gasteiger partial charge in [0, 0.05) is 18.3 Å². The highest BCUT2D eigenvalue weighted by Crippen LogP contribution is 2.29. The van der Waals surface area contributed by atoms with Gasteiger partial charge in [0.05, 0.1) is 23.1 Å². The van der Waals surface area contributed by atoms with Crippen molar-refractivity contribution < 1.29 is 22.8 Å². The molecule has 0 aliphatic carbocycles. The lowest BCUT2D eigenvalue weighted by Gasteiger charge is -2.14. The Balaban J connectivity index is 1.59. The number of carbonyl (C=O) groups excluding carboxylic acids is 2. The van der Waals surface area contributed by atoms with Crippen molar-refractivity contribution in [3.8, 4) is 0 Å². The summed E-state index contributed by atoms with van der Waals surface area (Å²) in [4.78, 5) is 44.1. The Morgan fingerprint density at radius 3 is 2.61 bits per heavy atom. The molecule has 1 aliphatic rings. The Kier molecular flexibility index (Phi) is 5.52. The van der Waals surface area contributed by atoms with Gasteiger partial charge in [0.25, 0.3) is 11.5 Å². The van der Waals surface area contributed by atoms with Crippen LogP contribution in [0.1, 0.15) is 21.7 Å². The van der Waals surface area contributed by atoms with Crippen LogP contribution in [0.5, 0.6) is 0 Å². The van der Waals surface area contributed by atoms with Crippen molar-refractivity contribution in [2.75, 3.05) is 18.4 Å². The topological polar surface area (TPSA) is 84.3 Å². The quantitative estimate of drug-likeness (QED) is 0.663. The average Bonchev–Trinajstić information content (AvgIpc) is 3.26. The third-order valence-electron chi connectivity index (χ3n) is 4.99. The molecule has 4 rings (SSSR count). The monoisotopic (exact) mass is 450 g/mol. The zero-order valence-electron chi connectivity index (χ0n) is 16.3. The molecule has 1 N–H and O–H groups in total. The summed E-state index contributed by atoms with van der Waals surface area (Å²) in [6.45, 7) is 1.50. The van der Waals surface area contributed by atoms with E-state index in [2.05, 4.69) is 10.3 Å². The molecule has 1 saturated heterocycles. The van der Waals surface area contributed by atoms with E-state index in [9.17, 15) is 27.6 Å². The molecule has 1 aliphatic heterocycles. The zero-order chi connectivity index (χ0) is 22.3. The first kappa shape index (κ1) is 21.0. The van der Waals surface area contributed by atoms with Crippen molar-refractivity contribution >= 4 is 39.1 Å². The van der Waals surface area contributed by atoms with Crippen molar-refractivity contribution in [1.82, 2.24) is 14.5 Å². The van der Waals surface area contributed by atoms with Crippen molar-refractivity contribution in [1.29, 1.82) is 0 Å². The van der Waals surface area contributed by atoms with Crippen molar-refractivity contribution in [3.05, 3.63) is 57.0 Å².